The van der Waals surface area contributed by atoms with Crippen LogP contribution in [0.15, 0.2) is 114 Å². The van der Waals surface area contributed by atoms with Crippen LogP contribution in [0.1, 0.15) is 102 Å². The highest BCUT2D eigenvalue weighted by Crippen LogP contribution is 2.34. The van der Waals surface area contributed by atoms with Gasteiger partial charge in [-0.15, -0.1) is 0 Å². The summed E-state index contributed by atoms with van der Waals surface area (Å²) in [4.78, 5) is 0.0610. The number of aryl methyl sites for hydroxylation is 2. The first-order valence-electron chi connectivity index (χ1n) is 17.0. The first kappa shape index (κ1) is 36.7. The highest BCUT2D eigenvalue weighted by Gasteiger charge is 2.18. The van der Waals surface area contributed by atoms with Crippen molar-refractivity contribution < 1.29 is 13.0 Å². The summed E-state index contributed by atoms with van der Waals surface area (Å²) in [5, 5.41) is 4.36. The van der Waals surface area contributed by atoms with Gasteiger partial charge in [-0.25, -0.2) is 0 Å². The third-order valence-corrected chi connectivity index (χ3v) is 11.6. The third-order valence-electron chi connectivity index (χ3n) is 8.11. The highest BCUT2D eigenvalue weighted by molar-refractivity contribution is 7.85. The molecule has 0 radical (unpaired) electrons. The monoisotopic (exact) mass is 644 g/mol. The fraction of sp³-hybridized carbons (Fsp3) is 0.400. The van der Waals surface area contributed by atoms with Gasteiger partial charge in [0.1, 0.15) is 0 Å². The lowest BCUT2D eigenvalue weighted by Crippen LogP contribution is -2.23. The van der Waals surface area contributed by atoms with E-state index in [1.54, 1.807) is 12.1 Å². The maximum atomic E-state index is 11.3. The first-order valence-corrected chi connectivity index (χ1v) is 19.8. The molecule has 1 N–H and O–H groups in total. The topological polar surface area (TPSA) is 54.4 Å². The minimum absolute atomic E-state index is 0.0610. The normalized spacial score (nSPS) is 11.3. The average Bonchev–Trinajstić information content (AvgIpc) is 3.06. The minimum atomic E-state index is -4.10. The van der Waals surface area contributed by atoms with Crippen LogP contribution < -0.4 is 15.9 Å². The Balaban J connectivity index is 0.000000246. The number of hydrogen-bond acceptors (Lipinski definition) is 2. The van der Waals surface area contributed by atoms with E-state index in [0.717, 1.165) is 18.4 Å². The van der Waals surface area contributed by atoms with Gasteiger partial charge >= 0.3 is 0 Å². The van der Waals surface area contributed by atoms with E-state index in [2.05, 4.69) is 98.8 Å². The summed E-state index contributed by atoms with van der Waals surface area (Å²) in [7, 11) is -4.58. The fourth-order valence-corrected chi connectivity index (χ4v) is 8.91. The van der Waals surface area contributed by atoms with Crippen LogP contribution in [0.4, 0.5) is 0 Å². The van der Waals surface area contributed by atoms with Crippen molar-refractivity contribution in [3.8, 4) is 0 Å². The Labute approximate surface area is 275 Å². The third kappa shape index (κ3) is 13.2. The zero-order chi connectivity index (χ0) is 32.2. The summed E-state index contributed by atoms with van der Waals surface area (Å²) >= 11 is 0. The average molecular weight is 645 g/mol. The van der Waals surface area contributed by atoms with Crippen molar-refractivity contribution in [2.24, 2.45) is 0 Å². The van der Waals surface area contributed by atoms with Gasteiger partial charge in [-0.1, -0.05) is 181 Å². The van der Waals surface area contributed by atoms with Crippen molar-refractivity contribution >= 4 is 34.0 Å². The van der Waals surface area contributed by atoms with Gasteiger partial charge in [-0.3, -0.25) is 4.55 Å². The maximum Gasteiger partial charge on any atom is 0.294 e. The second kappa shape index (κ2) is 21.1. The fourth-order valence-electron chi connectivity index (χ4n) is 5.65. The Morgan fingerprint density at radius 3 is 1.44 bits per heavy atom. The number of hydrogen-bond donors (Lipinski definition) is 1. The molecule has 0 fully saturated rings. The zero-order valence-corrected chi connectivity index (χ0v) is 29.1. The molecule has 0 aliphatic carbocycles. The predicted octanol–water partition coefficient (Wildman–Crippen LogP) is 10.2. The van der Waals surface area contributed by atoms with Gasteiger partial charge in [-0.2, -0.15) is 8.42 Å². The van der Waals surface area contributed by atoms with Crippen molar-refractivity contribution in [1.82, 2.24) is 0 Å². The van der Waals surface area contributed by atoms with Crippen LogP contribution in [0.3, 0.4) is 0 Å². The minimum Gasteiger partial charge on any atom is -0.282 e. The van der Waals surface area contributed by atoms with Gasteiger partial charge in [0.05, 0.1) is 4.90 Å². The Bertz CT molecular complexity index is 1420. The van der Waals surface area contributed by atoms with E-state index in [1.807, 2.05) is 6.07 Å². The molecular formula is C40H53O3PS. The molecule has 0 spiro atoms. The summed E-state index contributed by atoms with van der Waals surface area (Å²) in [5.41, 5.74) is 2.23. The Morgan fingerprint density at radius 2 is 0.911 bits per heavy atom. The van der Waals surface area contributed by atoms with Crippen molar-refractivity contribution in [2.45, 2.75) is 109 Å². The van der Waals surface area contributed by atoms with Gasteiger partial charge in [0.15, 0.2) is 0 Å². The molecule has 0 bridgehead atoms. The predicted molar refractivity (Wildman–Crippen MR) is 196 cm³/mol. The highest BCUT2D eigenvalue weighted by atomic mass is 32.2. The summed E-state index contributed by atoms with van der Waals surface area (Å²) in [5.74, 6) is 0. The number of benzene rings is 4. The number of unbranched alkanes of at least 4 members (excludes halogenated alkanes) is 10. The van der Waals surface area contributed by atoms with E-state index >= 15 is 0 Å². The van der Waals surface area contributed by atoms with Crippen LogP contribution in [0.2, 0.25) is 0 Å². The number of rotatable bonds is 18. The lowest BCUT2D eigenvalue weighted by Gasteiger charge is -2.22. The van der Waals surface area contributed by atoms with Crippen LogP contribution in [0, 0.1) is 0 Å². The molecule has 0 aliphatic rings. The Hall–Kier alpha value is -2.78. The quantitative estimate of drug-likeness (QED) is 0.0666. The molecule has 0 aromatic heterocycles. The molecule has 0 saturated carbocycles. The van der Waals surface area contributed by atoms with E-state index in [1.165, 1.54) is 98.2 Å². The van der Waals surface area contributed by atoms with Gasteiger partial charge < -0.3 is 0 Å². The van der Waals surface area contributed by atoms with Crippen molar-refractivity contribution in [2.75, 3.05) is 0 Å². The molecule has 4 aromatic carbocycles. The van der Waals surface area contributed by atoms with Crippen molar-refractivity contribution in [3.63, 3.8) is 0 Å². The molecule has 0 saturated heterocycles. The Morgan fingerprint density at radius 1 is 0.489 bits per heavy atom. The lowest BCUT2D eigenvalue weighted by molar-refractivity contribution is 0.481. The molecule has 5 heteroatoms. The van der Waals surface area contributed by atoms with Crippen LogP contribution in [0.25, 0.3) is 0 Å². The molecule has 4 aromatic rings. The van der Waals surface area contributed by atoms with Crippen molar-refractivity contribution in [1.29, 1.82) is 0 Å². The molecule has 242 valence electrons. The molecule has 0 atom stereocenters. The molecular weight excluding hydrogens is 591 g/mol. The van der Waals surface area contributed by atoms with E-state index in [0.29, 0.717) is 6.42 Å². The molecule has 0 aliphatic heterocycles. The van der Waals surface area contributed by atoms with E-state index in [4.69, 9.17) is 0 Å². The summed E-state index contributed by atoms with van der Waals surface area (Å²) in [6, 6.07) is 37.6. The van der Waals surface area contributed by atoms with Gasteiger partial charge in [0.2, 0.25) is 0 Å². The Kier molecular flexibility index (Phi) is 17.2. The molecule has 0 amide bonds. The molecule has 3 nitrogen and oxygen atoms in total. The summed E-state index contributed by atoms with van der Waals surface area (Å²) in [6.07, 6.45) is 17.0. The first-order chi connectivity index (χ1) is 22.0. The molecule has 0 unspecified atom stereocenters. The summed E-state index contributed by atoms with van der Waals surface area (Å²) < 4.78 is 31.8. The van der Waals surface area contributed by atoms with Gasteiger partial charge in [0.25, 0.3) is 10.1 Å². The van der Waals surface area contributed by atoms with Gasteiger partial charge in [0, 0.05) is 0 Å². The van der Waals surface area contributed by atoms with Crippen molar-refractivity contribution in [3.05, 3.63) is 120 Å². The summed E-state index contributed by atoms with van der Waals surface area (Å²) in [6.45, 7) is 4.50. The molecule has 45 heavy (non-hydrogen) atoms. The lowest BCUT2D eigenvalue weighted by atomic mass is 10.0. The smallest absolute Gasteiger partial charge is 0.282 e. The van der Waals surface area contributed by atoms with Gasteiger partial charge in [-0.05, 0) is 66.7 Å². The van der Waals surface area contributed by atoms with E-state index < -0.39 is 18.0 Å². The SMILES string of the molecule is CCCCCCCCCCCCc1ccccc1S(=O)(=O)O.CCCCc1ccccc1P(c1ccccc1)c1ccccc1. The van der Waals surface area contributed by atoms with Crippen LogP contribution >= 0.6 is 7.92 Å². The second-order valence-corrected chi connectivity index (χ2v) is 15.3. The zero-order valence-electron chi connectivity index (χ0n) is 27.4. The van der Waals surface area contributed by atoms with Crippen LogP contribution in [0.5, 0.6) is 0 Å². The van der Waals surface area contributed by atoms with E-state index in [-0.39, 0.29) is 4.90 Å². The van der Waals surface area contributed by atoms with Crippen LogP contribution in [-0.2, 0) is 23.0 Å². The molecule has 0 heterocycles. The van der Waals surface area contributed by atoms with E-state index in [9.17, 15) is 13.0 Å². The largest absolute Gasteiger partial charge is 0.294 e. The maximum absolute atomic E-state index is 11.3. The molecule has 4 rings (SSSR count). The standard InChI is InChI=1S/C22H23P.C18H30O3S/c1-2-3-12-19-13-10-11-18-22(19)23(20-14-6-4-7-15-20)21-16-8-5-9-17-21;1-2-3-4-5-6-7-8-9-10-11-14-17-15-12-13-16-18(17)22(19,20)21/h4-11,13-18H,2-3,12H2,1H3;12-13,15-16H,2-11,14H2,1H3,(H,19,20,21). The van der Waals surface area contributed by atoms with Crippen LogP contribution in [-0.4, -0.2) is 13.0 Å². The second-order valence-electron chi connectivity index (χ2n) is 11.8.